The quantitative estimate of drug-likeness (QED) is 0.744. The van der Waals surface area contributed by atoms with Gasteiger partial charge < -0.3 is 4.90 Å². The molecule has 0 bridgehead atoms. The fourth-order valence-electron chi connectivity index (χ4n) is 1.78. The van der Waals surface area contributed by atoms with Crippen molar-refractivity contribution in [2.45, 2.75) is 12.8 Å². The van der Waals surface area contributed by atoms with Gasteiger partial charge in [-0.3, -0.25) is 0 Å². The van der Waals surface area contributed by atoms with Gasteiger partial charge in [0.05, 0.1) is 10.7 Å². The molecule has 1 heterocycles. The van der Waals surface area contributed by atoms with Gasteiger partial charge >= 0.3 is 0 Å². The van der Waals surface area contributed by atoms with Crippen LogP contribution in [0.1, 0.15) is 12.8 Å². The van der Waals surface area contributed by atoms with Gasteiger partial charge in [-0.15, -0.1) is 0 Å². The molecule has 1 aliphatic rings. The molecular weight excluding hydrogens is 285 g/mol. The van der Waals surface area contributed by atoms with Crippen LogP contribution in [0.4, 0.5) is 5.69 Å². The van der Waals surface area contributed by atoms with E-state index >= 15 is 0 Å². The summed E-state index contributed by atoms with van der Waals surface area (Å²) in [6, 6.07) is 3.68. The summed E-state index contributed by atoms with van der Waals surface area (Å²) >= 11 is 15.6. The van der Waals surface area contributed by atoms with Crippen LogP contribution in [-0.2, 0) is 0 Å². The molecule has 2 rings (SSSR count). The maximum atomic E-state index is 6.16. The van der Waals surface area contributed by atoms with Gasteiger partial charge in [-0.2, -0.15) is 0 Å². The third kappa shape index (κ3) is 2.02. The molecule has 4 heteroatoms. The van der Waals surface area contributed by atoms with Gasteiger partial charge in [-0.25, -0.2) is 0 Å². The Morgan fingerprint density at radius 3 is 2.36 bits per heavy atom. The van der Waals surface area contributed by atoms with Crippen LogP contribution in [-0.4, -0.2) is 13.1 Å². The molecule has 1 aromatic carbocycles. The van der Waals surface area contributed by atoms with E-state index in [9.17, 15) is 0 Å². The number of hydrogen-bond acceptors (Lipinski definition) is 1. The Bertz CT molecular complexity index is 325. The molecular formula is C10H10BrCl2N. The number of hydrogen-bond donors (Lipinski definition) is 0. The Morgan fingerprint density at radius 1 is 1.14 bits per heavy atom. The predicted molar refractivity (Wildman–Crippen MR) is 65.6 cm³/mol. The number of benzene rings is 1. The highest BCUT2D eigenvalue weighted by Crippen LogP contribution is 2.38. The monoisotopic (exact) mass is 293 g/mol. The number of halogens is 3. The van der Waals surface area contributed by atoms with E-state index in [0.29, 0.717) is 5.02 Å². The number of nitrogens with zero attached hydrogens (tertiary/aromatic N) is 1. The molecule has 1 saturated heterocycles. The fourth-order valence-corrected chi connectivity index (χ4v) is 3.35. The SMILES string of the molecule is Clc1cc(Cl)c(N2CCCC2)c(Br)c1. The fraction of sp³-hybridized carbons (Fsp3) is 0.400. The molecule has 0 unspecified atom stereocenters. The lowest BCUT2D eigenvalue weighted by molar-refractivity contribution is 0.949. The van der Waals surface area contributed by atoms with Crippen molar-refractivity contribution in [2.75, 3.05) is 18.0 Å². The first-order chi connectivity index (χ1) is 6.68. The van der Waals surface area contributed by atoms with Gasteiger partial charge in [0.1, 0.15) is 0 Å². The minimum atomic E-state index is 0.671. The molecule has 1 aliphatic heterocycles. The summed E-state index contributed by atoms with van der Waals surface area (Å²) in [5.41, 5.74) is 1.08. The van der Waals surface area contributed by atoms with Crippen molar-refractivity contribution in [2.24, 2.45) is 0 Å². The van der Waals surface area contributed by atoms with Gasteiger partial charge in [0.15, 0.2) is 0 Å². The molecule has 0 radical (unpaired) electrons. The van der Waals surface area contributed by atoms with Gasteiger partial charge in [0.2, 0.25) is 0 Å². The summed E-state index contributed by atoms with van der Waals surface area (Å²) in [4.78, 5) is 2.29. The Morgan fingerprint density at radius 2 is 1.79 bits per heavy atom. The highest BCUT2D eigenvalue weighted by Gasteiger charge is 2.18. The first kappa shape index (κ1) is 10.6. The topological polar surface area (TPSA) is 3.24 Å². The second kappa shape index (κ2) is 4.30. The van der Waals surface area contributed by atoms with Gasteiger partial charge in [-0.1, -0.05) is 23.2 Å². The zero-order valence-corrected chi connectivity index (χ0v) is 10.7. The van der Waals surface area contributed by atoms with Crippen LogP contribution < -0.4 is 4.90 Å². The predicted octanol–water partition coefficient (Wildman–Crippen LogP) is 4.36. The van der Waals surface area contributed by atoms with Crippen LogP contribution in [0, 0.1) is 0 Å². The molecule has 14 heavy (non-hydrogen) atoms. The van der Waals surface area contributed by atoms with Crippen molar-refractivity contribution < 1.29 is 0 Å². The van der Waals surface area contributed by atoms with E-state index in [1.54, 1.807) is 6.07 Å². The van der Waals surface area contributed by atoms with Crippen LogP contribution in [0.2, 0.25) is 10.0 Å². The summed E-state index contributed by atoms with van der Waals surface area (Å²) < 4.78 is 0.983. The first-order valence-corrected chi connectivity index (χ1v) is 6.13. The second-order valence-corrected chi connectivity index (χ2v) is 5.11. The lowest BCUT2D eigenvalue weighted by Gasteiger charge is -2.20. The van der Waals surface area contributed by atoms with Gasteiger partial charge in [0, 0.05) is 22.6 Å². The van der Waals surface area contributed by atoms with Crippen LogP contribution in [0.3, 0.4) is 0 Å². The molecule has 0 N–H and O–H groups in total. The van der Waals surface area contributed by atoms with Crippen molar-refractivity contribution in [1.82, 2.24) is 0 Å². The number of rotatable bonds is 1. The Balaban J connectivity index is 2.40. The zero-order valence-electron chi connectivity index (χ0n) is 7.56. The maximum absolute atomic E-state index is 6.16. The summed E-state index contributed by atoms with van der Waals surface area (Å²) in [6.07, 6.45) is 2.48. The minimum absolute atomic E-state index is 0.671. The summed E-state index contributed by atoms with van der Waals surface area (Å²) in [7, 11) is 0. The van der Waals surface area contributed by atoms with Crippen LogP contribution in [0.15, 0.2) is 16.6 Å². The van der Waals surface area contributed by atoms with E-state index in [1.165, 1.54) is 12.8 Å². The van der Waals surface area contributed by atoms with Crippen LogP contribution in [0.25, 0.3) is 0 Å². The second-order valence-electron chi connectivity index (χ2n) is 3.41. The van der Waals surface area contributed by atoms with Crippen molar-refractivity contribution in [3.8, 4) is 0 Å². The van der Waals surface area contributed by atoms with Crippen LogP contribution in [0.5, 0.6) is 0 Å². The Hall–Kier alpha value is 0.0800. The molecule has 0 saturated carbocycles. The number of anilines is 1. The average Bonchev–Trinajstić information content (AvgIpc) is 2.54. The summed E-state index contributed by atoms with van der Waals surface area (Å²) in [6.45, 7) is 2.17. The summed E-state index contributed by atoms with van der Waals surface area (Å²) in [5.74, 6) is 0. The van der Waals surface area contributed by atoms with E-state index in [1.807, 2.05) is 6.07 Å². The smallest absolute Gasteiger partial charge is 0.0701 e. The average molecular weight is 295 g/mol. The van der Waals surface area contributed by atoms with Crippen molar-refractivity contribution in [3.63, 3.8) is 0 Å². The standard InChI is InChI=1S/C10H10BrCl2N/c11-8-5-7(12)6-9(13)10(8)14-3-1-2-4-14/h5-6H,1-4H2. The minimum Gasteiger partial charge on any atom is -0.369 e. The lowest BCUT2D eigenvalue weighted by Crippen LogP contribution is -2.18. The molecule has 0 aromatic heterocycles. The maximum Gasteiger partial charge on any atom is 0.0701 e. The Labute approximate surface area is 102 Å². The molecule has 0 amide bonds. The van der Waals surface area contributed by atoms with Gasteiger partial charge in [-0.05, 0) is 40.9 Å². The highest BCUT2D eigenvalue weighted by molar-refractivity contribution is 9.10. The van der Waals surface area contributed by atoms with E-state index in [4.69, 9.17) is 23.2 Å². The zero-order chi connectivity index (χ0) is 10.1. The first-order valence-electron chi connectivity index (χ1n) is 4.58. The normalized spacial score (nSPS) is 16.4. The molecule has 1 aromatic rings. The van der Waals surface area contributed by atoms with E-state index < -0.39 is 0 Å². The lowest BCUT2D eigenvalue weighted by atomic mass is 10.3. The van der Waals surface area contributed by atoms with Gasteiger partial charge in [0.25, 0.3) is 0 Å². The third-order valence-corrected chi connectivity index (χ3v) is 3.51. The van der Waals surface area contributed by atoms with Crippen molar-refractivity contribution in [1.29, 1.82) is 0 Å². The van der Waals surface area contributed by atoms with Crippen molar-refractivity contribution >= 4 is 44.8 Å². The largest absolute Gasteiger partial charge is 0.369 e. The Kier molecular flexibility index (Phi) is 3.25. The molecule has 0 spiro atoms. The molecule has 76 valence electrons. The van der Waals surface area contributed by atoms with E-state index in [-0.39, 0.29) is 0 Å². The molecule has 0 aliphatic carbocycles. The van der Waals surface area contributed by atoms with Crippen LogP contribution >= 0.6 is 39.1 Å². The molecule has 1 fully saturated rings. The molecule has 1 nitrogen and oxygen atoms in total. The molecule has 0 atom stereocenters. The summed E-state index contributed by atoms with van der Waals surface area (Å²) in [5, 5.41) is 1.40. The van der Waals surface area contributed by atoms with Crippen molar-refractivity contribution in [3.05, 3.63) is 26.7 Å². The highest BCUT2D eigenvalue weighted by atomic mass is 79.9. The third-order valence-electron chi connectivity index (χ3n) is 2.40. The van der Waals surface area contributed by atoms with E-state index in [0.717, 1.165) is 28.3 Å². The van der Waals surface area contributed by atoms with E-state index in [2.05, 4.69) is 20.8 Å².